The van der Waals surface area contributed by atoms with Gasteiger partial charge in [-0.3, -0.25) is 0 Å². The first-order valence-electron chi connectivity index (χ1n) is 6.93. The second-order valence-corrected chi connectivity index (χ2v) is 6.44. The van der Waals surface area contributed by atoms with Crippen LogP contribution in [0.25, 0.3) is 0 Å². The van der Waals surface area contributed by atoms with E-state index in [4.69, 9.17) is 39.5 Å². The number of fused-ring (bicyclic) bond motifs is 1. The Labute approximate surface area is 139 Å². The normalized spacial score (nSPS) is 14.6. The van der Waals surface area contributed by atoms with Crippen molar-refractivity contribution in [2.75, 3.05) is 12.5 Å². The second-order valence-electron chi connectivity index (χ2n) is 5.26. The lowest BCUT2D eigenvalue weighted by molar-refractivity contribution is 0.353. The van der Waals surface area contributed by atoms with E-state index in [9.17, 15) is 0 Å². The van der Waals surface area contributed by atoms with Gasteiger partial charge in [0.25, 0.3) is 0 Å². The Bertz CT molecular complexity index is 654. The summed E-state index contributed by atoms with van der Waals surface area (Å²) in [6.07, 6.45) is 1.72. The molecule has 3 rings (SSSR count). The molecule has 1 aliphatic rings. The van der Waals surface area contributed by atoms with Crippen molar-refractivity contribution in [1.82, 2.24) is 0 Å². The number of ether oxygens (including phenoxy) is 1. The minimum atomic E-state index is 0.192. The lowest BCUT2D eigenvalue weighted by Gasteiger charge is -2.17. The van der Waals surface area contributed by atoms with Gasteiger partial charge in [0, 0.05) is 28.3 Å². The highest BCUT2D eigenvalue weighted by molar-refractivity contribution is 6.31. The van der Waals surface area contributed by atoms with Crippen molar-refractivity contribution in [2.45, 2.75) is 18.8 Å². The molecule has 2 aromatic carbocycles. The van der Waals surface area contributed by atoms with Crippen molar-refractivity contribution in [3.05, 3.63) is 63.1 Å². The number of hydrogen-bond acceptors (Lipinski definition) is 1. The molecule has 1 heterocycles. The Morgan fingerprint density at radius 3 is 2.71 bits per heavy atom. The molecule has 0 aliphatic carbocycles. The molecular formula is C17H15Cl3O. The molecule has 0 bridgehead atoms. The van der Waals surface area contributed by atoms with Crippen LogP contribution in [-0.2, 0) is 12.8 Å². The molecule has 0 fully saturated rings. The van der Waals surface area contributed by atoms with Crippen LogP contribution in [0.5, 0.6) is 5.75 Å². The van der Waals surface area contributed by atoms with E-state index in [1.54, 1.807) is 0 Å². The fourth-order valence-corrected chi connectivity index (χ4v) is 3.53. The zero-order chi connectivity index (χ0) is 14.8. The van der Waals surface area contributed by atoms with Crippen molar-refractivity contribution in [2.24, 2.45) is 0 Å². The Morgan fingerprint density at radius 2 is 1.95 bits per heavy atom. The Balaban J connectivity index is 1.91. The van der Waals surface area contributed by atoms with E-state index >= 15 is 0 Å². The molecule has 1 unspecified atom stereocenters. The standard InChI is InChI=1S/C17H15Cl3O/c18-10-14(11-2-1-3-15(19)7-11)6-13-9-16(20)8-12-4-5-21-17(12)13/h1-3,7-9,14H,4-6,10H2. The molecule has 0 saturated heterocycles. The highest BCUT2D eigenvalue weighted by Crippen LogP contribution is 2.36. The molecule has 2 aromatic rings. The third-order valence-electron chi connectivity index (χ3n) is 3.80. The third kappa shape index (κ3) is 3.31. The maximum Gasteiger partial charge on any atom is 0.125 e. The van der Waals surface area contributed by atoms with E-state index < -0.39 is 0 Å². The second kappa shape index (κ2) is 6.48. The smallest absolute Gasteiger partial charge is 0.125 e. The molecule has 21 heavy (non-hydrogen) atoms. The molecule has 0 aromatic heterocycles. The summed E-state index contributed by atoms with van der Waals surface area (Å²) in [4.78, 5) is 0. The van der Waals surface area contributed by atoms with Gasteiger partial charge in [0.15, 0.2) is 0 Å². The van der Waals surface area contributed by atoms with E-state index in [1.807, 2.05) is 30.3 Å². The minimum Gasteiger partial charge on any atom is -0.493 e. The molecule has 0 amide bonds. The summed E-state index contributed by atoms with van der Waals surface area (Å²) in [5.41, 5.74) is 3.46. The van der Waals surface area contributed by atoms with Gasteiger partial charge in [0.2, 0.25) is 0 Å². The molecule has 0 N–H and O–H groups in total. The molecule has 1 atom stereocenters. The van der Waals surface area contributed by atoms with Crippen LogP contribution in [-0.4, -0.2) is 12.5 Å². The van der Waals surface area contributed by atoms with Gasteiger partial charge in [0.05, 0.1) is 6.61 Å². The topological polar surface area (TPSA) is 9.23 Å². The fraction of sp³-hybridized carbons (Fsp3) is 0.294. The average molecular weight is 342 g/mol. The molecule has 0 radical (unpaired) electrons. The quantitative estimate of drug-likeness (QED) is 0.668. The summed E-state index contributed by atoms with van der Waals surface area (Å²) in [7, 11) is 0. The summed E-state index contributed by atoms with van der Waals surface area (Å²) in [5, 5.41) is 1.49. The number of halogens is 3. The average Bonchev–Trinajstić information content (AvgIpc) is 2.92. The lowest BCUT2D eigenvalue weighted by Crippen LogP contribution is -2.06. The molecule has 4 heteroatoms. The first kappa shape index (κ1) is 15.0. The molecule has 1 aliphatic heterocycles. The lowest BCUT2D eigenvalue weighted by atomic mass is 9.92. The SMILES string of the molecule is ClCC(Cc1cc(Cl)cc2c1OCC2)c1cccc(Cl)c1. The van der Waals surface area contributed by atoms with Crippen LogP contribution in [0.4, 0.5) is 0 Å². The molecule has 110 valence electrons. The Hall–Kier alpha value is -0.890. The maximum atomic E-state index is 6.22. The third-order valence-corrected chi connectivity index (χ3v) is 4.62. The predicted molar refractivity (Wildman–Crippen MR) is 89.3 cm³/mol. The molecule has 1 nitrogen and oxygen atoms in total. The number of alkyl halides is 1. The van der Waals surface area contributed by atoms with Crippen LogP contribution in [0.1, 0.15) is 22.6 Å². The van der Waals surface area contributed by atoms with Crippen LogP contribution in [0.3, 0.4) is 0 Å². The first-order chi connectivity index (χ1) is 10.2. The van der Waals surface area contributed by atoms with Crippen LogP contribution in [0.2, 0.25) is 10.0 Å². The number of benzene rings is 2. The van der Waals surface area contributed by atoms with Crippen molar-refractivity contribution in [3.8, 4) is 5.75 Å². The molecular weight excluding hydrogens is 327 g/mol. The predicted octanol–water partition coefficient (Wildman–Crippen LogP) is 5.49. The van der Waals surface area contributed by atoms with Gasteiger partial charge < -0.3 is 4.74 Å². The summed E-state index contributed by atoms with van der Waals surface area (Å²) in [6, 6.07) is 11.8. The van der Waals surface area contributed by atoms with Gasteiger partial charge in [-0.15, -0.1) is 11.6 Å². The van der Waals surface area contributed by atoms with Crippen molar-refractivity contribution >= 4 is 34.8 Å². The summed E-state index contributed by atoms with van der Waals surface area (Å²) in [6.45, 7) is 0.728. The van der Waals surface area contributed by atoms with Gasteiger partial charge in [0.1, 0.15) is 5.75 Å². The van der Waals surface area contributed by atoms with Crippen molar-refractivity contribution in [1.29, 1.82) is 0 Å². The zero-order valence-electron chi connectivity index (χ0n) is 11.4. The number of rotatable bonds is 4. The van der Waals surface area contributed by atoms with Crippen molar-refractivity contribution < 1.29 is 4.74 Å². The highest BCUT2D eigenvalue weighted by Gasteiger charge is 2.21. The summed E-state index contributed by atoms with van der Waals surface area (Å²) >= 11 is 18.5. The van der Waals surface area contributed by atoms with Crippen LogP contribution in [0.15, 0.2) is 36.4 Å². The summed E-state index contributed by atoms with van der Waals surface area (Å²) < 4.78 is 5.76. The monoisotopic (exact) mass is 340 g/mol. The largest absolute Gasteiger partial charge is 0.493 e. The van der Waals surface area contributed by atoms with Gasteiger partial charge in [-0.25, -0.2) is 0 Å². The maximum absolute atomic E-state index is 6.22. The zero-order valence-corrected chi connectivity index (χ0v) is 13.7. The Morgan fingerprint density at radius 1 is 1.10 bits per heavy atom. The van der Waals surface area contributed by atoms with Crippen LogP contribution >= 0.6 is 34.8 Å². The van der Waals surface area contributed by atoms with Gasteiger partial charge in [-0.2, -0.15) is 0 Å². The van der Waals surface area contributed by atoms with E-state index in [2.05, 4.69) is 6.07 Å². The van der Waals surface area contributed by atoms with E-state index in [0.29, 0.717) is 5.88 Å². The van der Waals surface area contributed by atoms with E-state index in [1.165, 1.54) is 5.56 Å². The first-order valence-corrected chi connectivity index (χ1v) is 8.22. The molecule has 0 saturated carbocycles. The van der Waals surface area contributed by atoms with Crippen LogP contribution in [0, 0.1) is 0 Å². The van der Waals surface area contributed by atoms with Crippen molar-refractivity contribution in [3.63, 3.8) is 0 Å². The highest BCUT2D eigenvalue weighted by atomic mass is 35.5. The fourth-order valence-electron chi connectivity index (χ4n) is 2.79. The minimum absolute atomic E-state index is 0.192. The number of hydrogen-bond donors (Lipinski definition) is 0. The van der Waals surface area contributed by atoms with Crippen LogP contribution < -0.4 is 4.74 Å². The van der Waals surface area contributed by atoms with Gasteiger partial charge >= 0.3 is 0 Å². The van der Waals surface area contributed by atoms with Gasteiger partial charge in [-0.05, 0) is 47.4 Å². The van der Waals surface area contributed by atoms with E-state index in [-0.39, 0.29) is 5.92 Å². The van der Waals surface area contributed by atoms with Gasteiger partial charge in [-0.1, -0.05) is 35.3 Å². The molecule has 0 spiro atoms. The Kier molecular flexibility index (Phi) is 4.63. The van der Waals surface area contributed by atoms with E-state index in [0.717, 1.165) is 46.4 Å². The summed E-state index contributed by atoms with van der Waals surface area (Å²) in [5.74, 6) is 1.70.